The van der Waals surface area contributed by atoms with Gasteiger partial charge in [0.15, 0.2) is 11.6 Å². The number of nitrogens with two attached hydrogens (primary N) is 1. The molecule has 0 spiro atoms. The number of rotatable bonds is 5. The molecule has 0 bridgehead atoms. The van der Waals surface area contributed by atoms with E-state index >= 15 is 0 Å². The second kappa shape index (κ2) is 6.86. The van der Waals surface area contributed by atoms with Crippen molar-refractivity contribution >= 4 is 17.2 Å². The lowest BCUT2D eigenvalue weighted by molar-refractivity contribution is 0.0991. The molecule has 3 rings (SSSR count). The number of benzene rings is 2. The van der Waals surface area contributed by atoms with Crippen molar-refractivity contribution in [1.29, 1.82) is 0 Å². The summed E-state index contributed by atoms with van der Waals surface area (Å²) in [5.41, 5.74) is 5.63. The summed E-state index contributed by atoms with van der Waals surface area (Å²) in [6.45, 7) is -0.0521. The Hall–Kier alpha value is -3.00. The fraction of sp³-hybridized carbons (Fsp3) is 0.0588. The zero-order valence-corrected chi connectivity index (χ0v) is 13.5. The van der Waals surface area contributed by atoms with Gasteiger partial charge in [-0.15, -0.1) is 11.3 Å². The van der Waals surface area contributed by atoms with Crippen LogP contribution in [0.4, 0.5) is 8.78 Å². The van der Waals surface area contributed by atoms with E-state index in [1.807, 2.05) is 0 Å². The Morgan fingerprint density at radius 1 is 1.20 bits per heavy atom. The molecule has 0 aliphatic rings. The molecule has 3 N–H and O–H groups in total. The molecule has 0 saturated carbocycles. The molecule has 0 aliphatic heterocycles. The van der Waals surface area contributed by atoms with Gasteiger partial charge in [-0.25, -0.2) is 13.8 Å². The third-order valence-electron chi connectivity index (χ3n) is 3.37. The molecule has 0 atom stereocenters. The predicted molar refractivity (Wildman–Crippen MR) is 88.4 cm³/mol. The van der Waals surface area contributed by atoms with Gasteiger partial charge in [0.2, 0.25) is 0 Å². The van der Waals surface area contributed by atoms with Crippen LogP contribution in [0.2, 0.25) is 0 Å². The molecule has 0 unspecified atom stereocenters. The Balaban J connectivity index is 1.76. The SMILES string of the molecule is NC(=O)c1c(F)ccc(OCc2nc(-c3ccc(O)cc3)cs2)c1F. The maximum atomic E-state index is 14.1. The number of halogens is 2. The summed E-state index contributed by atoms with van der Waals surface area (Å²) in [7, 11) is 0. The molecule has 0 aliphatic carbocycles. The Kier molecular flexibility index (Phi) is 4.62. The number of aromatic nitrogens is 1. The molecular weight excluding hydrogens is 350 g/mol. The molecular formula is C17H12F2N2O3S. The highest BCUT2D eigenvalue weighted by molar-refractivity contribution is 7.09. The van der Waals surface area contributed by atoms with Crippen molar-refractivity contribution in [1.82, 2.24) is 4.98 Å². The summed E-state index contributed by atoms with van der Waals surface area (Å²) < 4.78 is 32.8. The summed E-state index contributed by atoms with van der Waals surface area (Å²) in [6.07, 6.45) is 0. The zero-order chi connectivity index (χ0) is 18.0. The molecule has 2 aromatic carbocycles. The van der Waals surface area contributed by atoms with E-state index in [4.69, 9.17) is 10.5 Å². The van der Waals surface area contributed by atoms with Gasteiger partial charge in [-0.05, 0) is 36.4 Å². The van der Waals surface area contributed by atoms with Crippen molar-refractivity contribution in [3.05, 3.63) is 64.0 Å². The van der Waals surface area contributed by atoms with E-state index < -0.39 is 23.1 Å². The molecule has 1 heterocycles. The van der Waals surface area contributed by atoms with E-state index in [1.54, 1.807) is 29.6 Å². The molecule has 25 heavy (non-hydrogen) atoms. The van der Waals surface area contributed by atoms with E-state index in [0.717, 1.165) is 17.7 Å². The van der Waals surface area contributed by atoms with Crippen molar-refractivity contribution in [3.8, 4) is 22.8 Å². The van der Waals surface area contributed by atoms with Gasteiger partial charge in [0.1, 0.15) is 28.7 Å². The van der Waals surface area contributed by atoms with Crippen molar-refractivity contribution < 1.29 is 23.4 Å². The largest absolute Gasteiger partial charge is 0.508 e. The average Bonchev–Trinajstić information content (AvgIpc) is 3.03. The van der Waals surface area contributed by atoms with E-state index in [2.05, 4.69) is 4.98 Å². The molecule has 8 heteroatoms. The van der Waals surface area contributed by atoms with E-state index in [0.29, 0.717) is 10.7 Å². The lowest BCUT2D eigenvalue weighted by Gasteiger charge is -2.08. The molecule has 0 saturated heterocycles. The number of phenols is 1. The van der Waals surface area contributed by atoms with Crippen molar-refractivity contribution in [2.24, 2.45) is 5.73 Å². The number of hydrogen-bond donors (Lipinski definition) is 2. The summed E-state index contributed by atoms with van der Waals surface area (Å²) in [5, 5.41) is 11.6. The summed E-state index contributed by atoms with van der Waals surface area (Å²) in [5.74, 6) is -3.51. The van der Waals surface area contributed by atoms with Gasteiger partial charge in [0, 0.05) is 10.9 Å². The normalized spacial score (nSPS) is 10.6. The molecule has 128 valence electrons. The Bertz CT molecular complexity index is 926. The van der Waals surface area contributed by atoms with Gasteiger partial charge < -0.3 is 15.6 Å². The predicted octanol–water partition coefficient (Wildman–Crippen LogP) is 3.47. The first-order chi connectivity index (χ1) is 12.0. The highest BCUT2D eigenvalue weighted by Crippen LogP contribution is 2.26. The second-order valence-corrected chi connectivity index (χ2v) is 6.00. The van der Waals surface area contributed by atoms with Crippen molar-refractivity contribution in [3.63, 3.8) is 0 Å². The molecule has 1 aromatic heterocycles. The standard InChI is InChI=1S/C17H12F2N2O3S/c18-11-5-6-13(16(19)15(11)17(20)23)24-7-14-21-12(8-25-14)9-1-3-10(22)4-2-9/h1-6,8,22H,7H2,(H2,20,23). The summed E-state index contributed by atoms with van der Waals surface area (Å²) >= 11 is 1.30. The third-order valence-corrected chi connectivity index (χ3v) is 4.19. The topological polar surface area (TPSA) is 85.4 Å². The Morgan fingerprint density at radius 2 is 1.92 bits per heavy atom. The number of carbonyl (C=O) groups excluding carboxylic acids is 1. The Morgan fingerprint density at radius 3 is 2.60 bits per heavy atom. The van der Waals surface area contributed by atoms with Gasteiger partial charge >= 0.3 is 0 Å². The number of carbonyl (C=O) groups is 1. The third kappa shape index (κ3) is 3.58. The van der Waals surface area contributed by atoms with Crippen LogP contribution in [0, 0.1) is 11.6 Å². The van der Waals surface area contributed by atoms with Crippen molar-refractivity contribution in [2.45, 2.75) is 6.61 Å². The van der Waals surface area contributed by atoms with Gasteiger partial charge in [0.25, 0.3) is 5.91 Å². The zero-order valence-electron chi connectivity index (χ0n) is 12.7. The molecule has 0 fully saturated rings. The highest BCUT2D eigenvalue weighted by atomic mass is 32.1. The second-order valence-electron chi connectivity index (χ2n) is 5.06. The smallest absolute Gasteiger partial charge is 0.254 e. The number of thiazole rings is 1. The lowest BCUT2D eigenvalue weighted by atomic mass is 10.1. The van der Waals surface area contributed by atoms with Gasteiger partial charge in [-0.1, -0.05) is 0 Å². The van der Waals surface area contributed by atoms with Crippen LogP contribution in [0.3, 0.4) is 0 Å². The van der Waals surface area contributed by atoms with Gasteiger partial charge in [0.05, 0.1) is 5.69 Å². The minimum Gasteiger partial charge on any atom is -0.508 e. The average molecular weight is 362 g/mol. The number of hydrogen-bond acceptors (Lipinski definition) is 5. The maximum absolute atomic E-state index is 14.1. The van der Waals surface area contributed by atoms with Gasteiger partial charge in [-0.2, -0.15) is 0 Å². The summed E-state index contributed by atoms with van der Waals surface area (Å²) in [4.78, 5) is 15.5. The van der Waals surface area contributed by atoms with Crippen LogP contribution in [-0.2, 0) is 6.61 Å². The van der Waals surface area contributed by atoms with Crippen LogP contribution in [0.1, 0.15) is 15.4 Å². The van der Waals surface area contributed by atoms with Crippen molar-refractivity contribution in [2.75, 3.05) is 0 Å². The quantitative estimate of drug-likeness (QED) is 0.728. The fourth-order valence-corrected chi connectivity index (χ4v) is 2.87. The molecule has 1 amide bonds. The molecule has 3 aromatic rings. The number of phenolic OH excluding ortho intramolecular Hbond substituents is 1. The van der Waals surface area contributed by atoms with Crippen LogP contribution in [0.5, 0.6) is 11.5 Å². The highest BCUT2D eigenvalue weighted by Gasteiger charge is 2.19. The van der Waals surface area contributed by atoms with Gasteiger partial charge in [-0.3, -0.25) is 4.79 Å². The monoisotopic (exact) mass is 362 g/mol. The van der Waals surface area contributed by atoms with E-state index in [-0.39, 0.29) is 18.1 Å². The van der Waals surface area contributed by atoms with E-state index in [1.165, 1.54) is 11.3 Å². The minimum absolute atomic E-state index is 0.0521. The molecule has 0 radical (unpaired) electrons. The number of amides is 1. The number of nitrogens with zero attached hydrogens (tertiary/aromatic N) is 1. The van der Waals surface area contributed by atoms with Crippen LogP contribution >= 0.6 is 11.3 Å². The first-order valence-corrected chi connectivity index (χ1v) is 7.98. The summed E-state index contributed by atoms with van der Waals surface area (Å²) in [6, 6.07) is 8.53. The minimum atomic E-state index is -1.20. The van der Waals surface area contributed by atoms with Crippen LogP contribution in [-0.4, -0.2) is 16.0 Å². The van der Waals surface area contributed by atoms with Crippen LogP contribution in [0.15, 0.2) is 41.8 Å². The maximum Gasteiger partial charge on any atom is 0.254 e. The Labute approximate surface area is 145 Å². The number of primary amides is 1. The van der Waals surface area contributed by atoms with Crippen LogP contribution < -0.4 is 10.5 Å². The van der Waals surface area contributed by atoms with E-state index in [9.17, 15) is 18.7 Å². The molecule has 5 nitrogen and oxygen atoms in total. The number of aromatic hydroxyl groups is 1. The first kappa shape index (κ1) is 16.8. The number of ether oxygens (including phenoxy) is 1. The fourth-order valence-electron chi connectivity index (χ4n) is 2.15. The van der Waals surface area contributed by atoms with Crippen LogP contribution in [0.25, 0.3) is 11.3 Å². The lowest BCUT2D eigenvalue weighted by Crippen LogP contribution is -2.16. The first-order valence-electron chi connectivity index (χ1n) is 7.10.